The molecule has 0 spiro atoms. The SMILES string of the molecule is CCNC(c1cscc1Br)C1CCCC(C(F)(F)F)C1. The van der Waals surface area contributed by atoms with Gasteiger partial charge < -0.3 is 5.32 Å². The molecule has 20 heavy (non-hydrogen) atoms. The van der Waals surface area contributed by atoms with Gasteiger partial charge in [-0.3, -0.25) is 0 Å². The number of thiophene rings is 1. The molecule has 0 aliphatic heterocycles. The molecule has 114 valence electrons. The van der Waals surface area contributed by atoms with Gasteiger partial charge in [0.05, 0.1) is 5.92 Å². The second kappa shape index (κ2) is 6.79. The summed E-state index contributed by atoms with van der Waals surface area (Å²) in [6.07, 6.45) is -2.00. The van der Waals surface area contributed by atoms with E-state index in [1.54, 1.807) is 11.3 Å². The van der Waals surface area contributed by atoms with E-state index >= 15 is 0 Å². The van der Waals surface area contributed by atoms with Crippen LogP contribution in [-0.2, 0) is 0 Å². The lowest BCUT2D eigenvalue weighted by molar-refractivity contribution is -0.186. The Hall–Kier alpha value is -0.0700. The van der Waals surface area contributed by atoms with Crippen LogP contribution < -0.4 is 5.32 Å². The Morgan fingerprint density at radius 2 is 2.15 bits per heavy atom. The molecule has 1 N–H and O–H groups in total. The summed E-state index contributed by atoms with van der Waals surface area (Å²) in [5.74, 6) is -1.08. The molecule has 3 atom stereocenters. The molecule has 6 heteroatoms. The zero-order valence-electron chi connectivity index (χ0n) is 11.3. The van der Waals surface area contributed by atoms with E-state index in [1.807, 2.05) is 17.7 Å². The topological polar surface area (TPSA) is 12.0 Å². The third-order valence-corrected chi connectivity index (χ3v) is 5.80. The first-order chi connectivity index (χ1) is 9.43. The molecule has 1 fully saturated rings. The summed E-state index contributed by atoms with van der Waals surface area (Å²) in [5.41, 5.74) is 1.10. The van der Waals surface area contributed by atoms with Gasteiger partial charge in [0.2, 0.25) is 0 Å². The minimum atomic E-state index is -4.05. The van der Waals surface area contributed by atoms with Crippen molar-refractivity contribution in [3.63, 3.8) is 0 Å². The van der Waals surface area contributed by atoms with Gasteiger partial charge in [0.15, 0.2) is 0 Å². The molecule has 0 bridgehead atoms. The monoisotopic (exact) mass is 369 g/mol. The minimum absolute atomic E-state index is 0.0192. The van der Waals surface area contributed by atoms with Crippen LogP contribution in [0.3, 0.4) is 0 Å². The number of rotatable bonds is 4. The molecule has 0 amide bonds. The predicted octanol–water partition coefficient (Wildman–Crippen LogP) is 5.53. The van der Waals surface area contributed by atoms with Crippen molar-refractivity contribution in [1.82, 2.24) is 5.32 Å². The number of halogens is 4. The zero-order valence-corrected chi connectivity index (χ0v) is 13.7. The van der Waals surface area contributed by atoms with Crippen LogP contribution >= 0.6 is 27.3 Å². The van der Waals surface area contributed by atoms with Crippen molar-refractivity contribution in [1.29, 1.82) is 0 Å². The summed E-state index contributed by atoms with van der Waals surface area (Å²) < 4.78 is 39.9. The van der Waals surface area contributed by atoms with E-state index in [2.05, 4.69) is 21.2 Å². The van der Waals surface area contributed by atoms with Crippen LogP contribution in [0.25, 0.3) is 0 Å². The van der Waals surface area contributed by atoms with Gasteiger partial charge in [-0.15, -0.1) is 0 Å². The van der Waals surface area contributed by atoms with Gasteiger partial charge in [0.25, 0.3) is 0 Å². The van der Waals surface area contributed by atoms with Gasteiger partial charge in [-0.25, -0.2) is 0 Å². The van der Waals surface area contributed by atoms with E-state index in [1.165, 1.54) is 0 Å². The average molecular weight is 370 g/mol. The normalized spacial score (nSPS) is 25.6. The van der Waals surface area contributed by atoms with Crippen LogP contribution in [0.15, 0.2) is 15.2 Å². The highest BCUT2D eigenvalue weighted by Gasteiger charge is 2.43. The Balaban J connectivity index is 2.15. The molecule has 3 unspecified atom stereocenters. The molecule has 0 aromatic carbocycles. The molecule has 0 saturated heterocycles. The van der Waals surface area contributed by atoms with Gasteiger partial charge in [-0.2, -0.15) is 24.5 Å². The number of hydrogen-bond acceptors (Lipinski definition) is 2. The van der Waals surface area contributed by atoms with E-state index in [9.17, 15) is 13.2 Å². The van der Waals surface area contributed by atoms with Crippen LogP contribution in [0.5, 0.6) is 0 Å². The van der Waals surface area contributed by atoms with Crippen LogP contribution in [0.4, 0.5) is 13.2 Å². The first-order valence-electron chi connectivity index (χ1n) is 6.95. The van der Waals surface area contributed by atoms with Crippen molar-refractivity contribution in [3.8, 4) is 0 Å². The van der Waals surface area contributed by atoms with Crippen molar-refractivity contribution in [2.45, 2.75) is 44.8 Å². The fourth-order valence-electron chi connectivity index (χ4n) is 3.09. The Morgan fingerprint density at radius 3 is 2.70 bits per heavy atom. The van der Waals surface area contributed by atoms with Gasteiger partial charge in [0, 0.05) is 15.9 Å². The van der Waals surface area contributed by atoms with E-state index < -0.39 is 12.1 Å². The number of hydrogen-bond donors (Lipinski definition) is 1. The summed E-state index contributed by atoms with van der Waals surface area (Å²) in [7, 11) is 0. The first kappa shape index (κ1) is 16.3. The van der Waals surface area contributed by atoms with Crippen molar-refractivity contribution in [2.24, 2.45) is 11.8 Å². The molecule has 1 aromatic rings. The van der Waals surface area contributed by atoms with Crippen molar-refractivity contribution < 1.29 is 13.2 Å². The summed E-state index contributed by atoms with van der Waals surface area (Å²) in [5, 5.41) is 7.40. The van der Waals surface area contributed by atoms with Crippen molar-refractivity contribution in [2.75, 3.05) is 6.54 Å². The Kier molecular flexibility index (Phi) is 5.54. The molecule has 1 aromatic heterocycles. The quantitative estimate of drug-likeness (QED) is 0.735. The minimum Gasteiger partial charge on any atom is -0.310 e. The zero-order chi connectivity index (χ0) is 14.8. The molecule has 1 saturated carbocycles. The summed E-state index contributed by atoms with van der Waals surface area (Å²) in [4.78, 5) is 0. The van der Waals surface area contributed by atoms with Crippen LogP contribution in [0.2, 0.25) is 0 Å². The van der Waals surface area contributed by atoms with Crippen LogP contribution in [0, 0.1) is 11.8 Å². The lowest BCUT2D eigenvalue weighted by atomic mass is 9.76. The molecule has 1 heterocycles. The fourth-order valence-corrected chi connectivity index (χ4v) is 4.67. The third kappa shape index (κ3) is 3.77. The average Bonchev–Trinajstić information content (AvgIpc) is 2.81. The summed E-state index contributed by atoms with van der Waals surface area (Å²) >= 11 is 5.09. The Morgan fingerprint density at radius 1 is 1.40 bits per heavy atom. The standard InChI is InChI=1S/C14H19BrF3NS/c1-2-19-13(11-7-20-8-12(11)15)9-4-3-5-10(6-9)14(16,17)18/h7-10,13,19H,2-6H2,1H3. The molecular formula is C14H19BrF3NS. The molecular weight excluding hydrogens is 351 g/mol. The number of nitrogens with one attached hydrogen (secondary N) is 1. The van der Waals surface area contributed by atoms with Gasteiger partial charge in [-0.1, -0.05) is 13.3 Å². The van der Waals surface area contributed by atoms with E-state index in [-0.39, 0.29) is 24.8 Å². The maximum absolute atomic E-state index is 13.0. The van der Waals surface area contributed by atoms with Crippen LogP contribution in [-0.4, -0.2) is 12.7 Å². The molecule has 1 aliphatic carbocycles. The molecule has 1 aliphatic rings. The summed E-state index contributed by atoms with van der Waals surface area (Å²) in [6.45, 7) is 2.76. The lowest BCUT2D eigenvalue weighted by Gasteiger charge is -2.35. The smallest absolute Gasteiger partial charge is 0.310 e. The summed E-state index contributed by atoms with van der Waals surface area (Å²) in [6, 6.07) is 0.0192. The second-order valence-corrected chi connectivity index (χ2v) is 6.97. The highest BCUT2D eigenvalue weighted by molar-refractivity contribution is 9.10. The fraction of sp³-hybridized carbons (Fsp3) is 0.714. The van der Waals surface area contributed by atoms with Crippen molar-refractivity contribution >= 4 is 27.3 Å². The maximum Gasteiger partial charge on any atom is 0.391 e. The second-order valence-electron chi connectivity index (χ2n) is 5.38. The molecule has 0 radical (unpaired) electrons. The maximum atomic E-state index is 13.0. The molecule has 2 rings (SSSR count). The highest BCUT2D eigenvalue weighted by Crippen LogP contribution is 2.45. The predicted molar refractivity (Wildman–Crippen MR) is 79.9 cm³/mol. The first-order valence-corrected chi connectivity index (χ1v) is 8.68. The number of alkyl halides is 3. The van der Waals surface area contributed by atoms with Gasteiger partial charge in [-0.05, 0) is 58.6 Å². The van der Waals surface area contributed by atoms with Crippen LogP contribution in [0.1, 0.15) is 44.2 Å². The Labute approximate surface area is 130 Å². The van der Waals surface area contributed by atoms with E-state index in [0.29, 0.717) is 6.42 Å². The van der Waals surface area contributed by atoms with E-state index in [4.69, 9.17) is 0 Å². The van der Waals surface area contributed by atoms with E-state index in [0.717, 1.165) is 23.0 Å². The van der Waals surface area contributed by atoms with Gasteiger partial charge >= 0.3 is 6.18 Å². The van der Waals surface area contributed by atoms with Crippen molar-refractivity contribution in [3.05, 3.63) is 20.8 Å². The Bertz CT molecular complexity index is 432. The molecule has 1 nitrogen and oxygen atoms in total. The third-order valence-electron chi connectivity index (χ3n) is 4.05. The lowest BCUT2D eigenvalue weighted by Crippen LogP contribution is -2.35. The largest absolute Gasteiger partial charge is 0.391 e. The van der Waals surface area contributed by atoms with Gasteiger partial charge in [0.1, 0.15) is 0 Å². The highest BCUT2D eigenvalue weighted by atomic mass is 79.9.